The number of H-pyrrole nitrogens is 1. The molecule has 0 aliphatic heterocycles. The largest absolute Gasteiger partial charge is 0.390 e. The summed E-state index contributed by atoms with van der Waals surface area (Å²) in [6.45, 7) is -0.279. The zero-order valence-corrected chi connectivity index (χ0v) is 5.66. The van der Waals surface area contributed by atoms with Crippen LogP contribution in [0.4, 0.5) is 5.95 Å². The Morgan fingerprint density at radius 2 is 2.55 bits per heavy atom. The van der Waals surface area contributed by atoms with E-state index in [2.05, 4.69) is 15.4 Å². The third-order valence-electron chi connectivity index (χ3n) is 1.09. The van der Waals surface area contributed by atoms with Gasteiger partial charge in [0.25, 0.3) is 5.56 Å². The van der Waals surface area contributed by atoms with E-state index in [1.54, 1.807) is 0 Å². The number of aromatic amines is 1. The lowest BCUT2D eigenvalue weighted by Gasteiger charge is -1.98. The second-order valence-electron chi connectivity index (χ2n) is 1.89. The fourth-order valence-electron chi connectivity index (χ4n) is 0.657. The maximum absolute atomic E-state index is 10.7. The summed E-state index contributed by atoms with van der Waals surface area (Å²) in [7, 11) is 0. The number of hydrazine groups is 1. The zero-order valence-electron chi connectivity index (χ0n) is 5.66. The molecule has 0 atom stereocenters. The van der Waals surface area contributed by atoms with Gasteiger partial charge in [0, 0.05) is 6.07 Å². The number of nitrogen functional groups attached to an aromatic ring is 1. The molecule has 0 saturated carbocycles. The summed E-state index contributed by atoms with van der Waals surface area (Å²) in [6, 6.07) is 1.20. The second-order valence-corrected chi connectivity index (χ2v) is 1.89. The van der Waals surface area contributed by atoms with Gasteiger partial charge < -0.3 is 5.11 Å². The highest BCUT2D eigenvalue weighted by Gasteiger charge is 1.96. The quantitative estimate of drug-likeness (QED) is 0.309. The summed E-state index contributed by atoms with van der Waals surface area (Å²) in [6.07, 6.45) is 0. The molecule has 1 aromatic heterocycles. The van der Waals surface area contributed by atoms with Crippen LogP contribution in [-0.2, 0) is 6.61 Å². The first kappa shape index (κ1) is 7.70. The number of anilines is 1. The Morgan fingerprint density at radius 1 is 1.82 bits per heavy atom. The normalized spacial score (nSPS) is 9.64. The number of hydrogen-bond acceptors (Lipinski definition) is 5. The van der Waals surface area contributed by atoms with E-state index in [4.69, 9.17) is 10.9 Å². The first-order chi connectivity index (χ1) is 5.26. The lowest BCUT2D eigenvalue weighted by molar-refractivity contribution is 0.276. The number of aliphatic hydroxyl groups is 1. The third kappa shape index (κ3) is 1.76. The van der Waals surface area contributed by atoms with Crippen molar-refractivity contribution in [3.8, 4) is 0 Å². The highest BCUT2D eigenvalue weighted by molar-refractivity contribution is 5.22. The van der Waals surface area contributed by atoms with Gasteiger partial charge in [-0.15, -0.1) is 0 Å². The minimum absolute atomic E-state index is 0.140. The van der Waals surface area contributed by atoms with E-state index < -0.39 is 0 Å². The SMILES string of the molecule is NNc1nc(CO)cc(=O)[nH]1. The Balaban J connectivity index is 3.12. The van der Waals surface area contributed by atoms with Gasteiger partial charge in [-0.05, 0) is 0 Å². The Morgan fingerprint density at radius 3 is 3.09 bits per heavy atom. The smallest absolute Gasteiger partial charge is 0.252 e. The molecule has 0 fully saturated rings. The maximum Gasteiger partial charge on any atom is 0.252 e. The Labute approximate surface area is 62.1 Å². The number of hydrogen-bond donors (Lipinski definition) is 4. The van der Waals surface area contributed by atoms with Crippen molar-refractivity contribution in [1.82, 2.24) is 9.97 Å². The predicted octanol–water partition coefficient (Wildman–Crippen LogP) is -1.45. The average Bonchev–Trinajstić information content (AvgIpc) is 2.03. The van der Waals surface area contributed by atoms with Gasteiger partial charge in [0.15, 0.2) is 0 Å². The van der Waals surface area contributed by atoms with Crippen LogP contribution in [-0.4, -0.2) is 15.1 Å². The molecule has 0 aromatic carbocycles. The van der Waals surface area contributed by atoms with Crippen LogP contribution in [0.25, 0.3) is 0 Å². The predicted molar refractivity (Wildman–Crippen MR) is 38.6 cm³/mol. The van der Waals surface area contributed by atoms with Gasteiger partial charge >= 0.3 is 0 Å². The van der Waals surface area contributed by atoms with Crippen LogP contribution in [0.3, 0.4) is 0 Å². The molecule has 6 heteroatoms. The lowest BCUT2D eigenvalue weighted by atomic mass is 10.4. The van der Waals surface area contributed by atoms with Gasteiger partial charge in [-0.25, -0.2) is 10.8 Å². The van der Waals surface area contributed by atoms with E-state index in [0.717, 1.165) is 0 Å². The summed E-state index contributed by atoms with van der Waals surface area (Å²) in [5.74, 6) is 5.12. The number of rotatable bonds is 2. The van der Waals surface area contributed by atoms with Crippen molar-refractivity contribution >= 4 is 5.95 Å². The molecule has 0 amide bonds. The van der Waals surface area contributed by atoms with Crippen molar-refractivity contribution in [2.24, 2.45) is 5.84 Å². The number of aliphatic hydroxyl groups excluding tert-OH is 1. The van der Waals surface area contributed by atoms with Crippen LogP contribution >= 0.6 is 0 Å². The summed E-state index contributed by atoms with van der Waals surface area (Å²) >= 11 is 0. The molecule has 0 aliphatic rings. The maximum atomic E-state index is 10.7. The Hall–Kier alpha value is -1.40. The van der Waals surface area contributed by atoms with E-state index in [0.29, 0.717) is 0 Å². The highest BCUT2D eigenvalue weighted by Crippen LogP contribution is 1.93. The number of nitrogens with one attached hydrogen (secondary N) is 2. The summed E-state index contributed by atoms with van der Waals surface area (Å²) in [5, 5.41) is 8.60. The Kier molecular flexibility index (Phi) is 2.19. The van der Waals surface area contributed by atoms with E-state index in [1.807, 2.05) is 0 Å². The molecular weight excluding hydrogens is 148 g/mol. The van der Waals surface area contributed by atoms with E-state index in [-0.39, 0.29) is 23.8 Å². The van der Waals surface area contributed by atoms with Crippen molar-refractivity contribution in [3.63, 3.8) is 0 Å². The molecule has 0 aliphatic carbocycles. The minimum Gasteiger partial charge on any atom is -0.390 e. The average molecular weight is 156 g/mol. The molecule has 11 heavy (non-hydrogen) atoms. The lowest BCUT2D eigenvalue weighted by Crippen LogP contribution is -2.17. The van der Waals surface area contributed by atoms with Crippen LogP contribution < -0.4 is 16.8 Å². The topological polar surface area (TPSA) is 104 Å². The second kappa shape index (κ2) is 3.13. The van der Waals surface area contributed by atoms with Crippen molar-refractivity contribution in [2.45, 2.75) is 6.61 Å². The van der Waals surface area contributed by atoms with Gasteiger partial charge in [-0.2, -0.15) is 0 Å². The fraction of sp³-hybridized carbons (Fsp3) is 0.200. The standard InChI is InChI=1S/C5H8N4O2/c6-9-5-7-3(2-10)1-4(11)8-5/h1,10H,2,6H2,(H2,7,8,9,11). The first-order valence-electron chi connectivity index (χ1n) is 2.94. The number of aromatic nitrogens is 2. The van der Waals surface area contributed by atoms with Gasteiger partial charge in [0.2, 0.25) is 5.95 Å². The zero-order chi connectivity index (χ0) is 8.27. The molecule has 60 valence electrons. The Bertz CT molecular complexity index is 270. The van der Waals surface area contributed by atoms with Crippen LogP contribution in [0, 0.1) is 0 Å². The highest BCUT2D eigenvalue weighted by atomic mass is 16.3. The van der Waals surface area contributed by atoms with Crippen molar-refractivity contribution in [1.29, 1.82) is 0 Å². The molecule has 1 heterocycles. The monoisotopic (exact) mass is 156 g/mol. The van der Waals surface area contributed by atoms with Gasteiger partial charge in [-0.1, -0.05) is 0 Å². The molecular formula is C5H8N4O2. The third-order valence-corrected chi connectivity index (χ3v) is 1.09. The molecule has 6 nitrogen and oxygen atoms in total. The first-order valence-corrected chi connectivity index (χ1v) is 2.94. The van der Waals surface area contributed by atoms with Crippen molar-refractivity contribution in [2.75, 3.05) is 5.43 Å². The van der Waals surface area contributed by atoms with Gasteiger partial charge in [-0.3, -0.25) is 15.2 Å². The van der Waals surface area contributed by atoms with Crippen LogP contribution in [0.1, 0.15) is 5.69 Å². The summed E-state index contributed by atoms with van der Waals surface area (Å²) < 4.78 is 0. The van der Waals surface area contributed by atoms with E-state index in [9.17, 15) is 4.79 Å². The molecule has 0 spiro atoms. The fourth-order valence-corrected chi connectivity index (χ4v) is 0.657. The van der Waals surface area contributed by atoms with E-state index in [1.165, 1.54) is 6.07 Å². The summed E-state index contributed by atoms with van der Waals surface area (Å²) in [4.78, 5) is 16.8. The minimum atomic E-state index is -0.350. The summed E-state index contributed by atoms with van der Waals surface area (Å²) in [5.41, 5.74) is 2.09. The number of nitrogens with two attached hydrogens (primary N) is 1. The van der Waals surface area contributed by atoms with Crippen LogP contribution in [0.5, 0.6) is 0 Å². The number of nitrogens with zero attached hydrogens (tertiary/aromatic N) is 1. The van der Waals surface area contributed by atoms with Gasteiger partial charge in [0.05, 0.1) is 12.3 Å². The van der Waals surface area contributed by atoms with Crippen LogP contribution in [0.15, 0.2) is 10.9 Å². The molecule has 0 unspecified atom stereocenters. The van der Waals surface area contributed by atoms with E-state index >= 15 is 0 Å². The molecule has 0 bridgehead atoms. The van der Waals surface area contributed by atoms with Crippen molar-refractivity contribution < 1.29 is 5.11 Å². The molecule has 1 aromatic rings. The molecule has 1 rings (SSSR count). The molecule has 0 radical (unpaired) electrons. The van der Waals surface area contributed by atoms with Crippen molar-refractivity contribution in [3.05, 3.63) is 22.1 Å². The molecule has 0 saturated heterocycles. The molecule has 5 N–H and O–H groups in total. The van der Waals surface area contributed by atoms with Gasteiger partial charge in [0.1, 0.15) is 0 Å². The van der Waals surface area contributed by atoms with Crippen LogP contribution in [0.2, 0.25) is 0 Å².